The van der Waals surface area contributed by atoms with Crippen molar-refractivity contribution in [3.05, 3.63) is 52.6 Å². The standard InChI is InChI=1S/C24H31N7.ClH/c25-16-21-22-18-29(17-19-4-2-1-3-5-19)11-6-20(22)23(30-12-7-26-8-13-30)28-24(21)31-14-9-27-10-15-31;/h1-5,26-27H,6-15,17-18H2;1H. The van der Waals surface area contributed by atoms with Crippen molar-refractivity contribution in [3.63, 3.8) is 0 Å². The summed E-state index contributed by atoms with van der Waals surface area (Å²) in [6.07, 6.45) is 0.949. The number of piperazine rings is 2. The van der Waals surface area contributed by atoms with Crippen LogP contribution >= 0.6 is 12.4 Å². The topological polar surface area (TPSA) is 70.5 Å². The maximum absolute atomic E-state index is 10.2. The fourth-order valence-corrected chi connectivity index (χ4v) is 4.99. The first kappa shape index (κ1) is 22.8. The van der Waals surface area contributed by atoms with Crippen molar-refractivity contribution in [1.29, 1.82) is 5.26 Å². The lowest BCUT2D eigenvalue weighted by molar-refractivity contribution is 0.245. The van der Waals surface area contributed by atoms with Crippen molar-refractivity contribution in [2.24, 2.45) is 0 Å². The summed E-state index contributed by atoms with van der Waals surface area (Å²) in [6.45, 7) is 10.3. The predicted molar refractivity (Wildman–Crippen MR) is 131 cm³/mol. The molecule has 0 atom stereocenters. The minimum atomic E-state index is 0. The van der Waals surface area contributed by atoms with Crippen LogP contribution in [0.5, 0.6) is 0 Å². The molecule has 2 N–H and O–H groups in total. The molecular weight excluding hydrogens is 422 g/mol. The number of aromatic nitrogens is 1. The Bertz CT molecular complexity index is 947. The van der Waals surface area contributed by atoms with Crippen LogP contribution in [0, 0.1) is 11.3 Å². The first-order valence-electron chi connectivity index (χ1n) is 11.5. The molecule has 0 aliphatic carbocycles. The third-order valence-electron chi connectivity index (χ3n) is 6.63. The highest BCUT2D eigenvalue weighted by molar-refractivity contribution is 5.85. The van der Waals surface area contributed by atoms with Crippen LogP contribution in [0.1, 0.15) is 22.3 Å². The van der Waals surface area contributed by atoms with Gasteiger partial charge in [0.05, 0.1) is 5.56 Å². The number of nitrogens with zero attached hydrogens (tertiary/aromatic N) is 5. The fraction of sp³-hybridized carbons (Fsp3) is 0.500. The van der Waals surface area contributed by atoms with Crippen molar-refractivity contribution in [2.45, 2.75) is 19.5 Å². The molecule has 0 bridgehead atoms. The van der Waals surface area contributed by atoms with E-state index in [-0.39, 0.29) is 12.4 Å². The van der Waals surface area contributed by atoms with E-state index in [1.54, 1.807) is 0 Å². The third kappa shape index (κ3) is 4.69. The number of anilines is 2. The largest absolute Gasteiger partial charge is 0.354 e. The quantitative estimate of drug-likeness (QED) is 0.730. The molecule has 1 aromatic carbocycles. The summed E-state index contributed by atoms with van der Waals surface area (Å²) in [5.74, 6) is 2.00. The van der Waals surface area contributed by atoms with Crippen LogP contribution < -0.4 is 20.4 Å². The molecule has 2 aromatic rings. The molecule has 8 heteroatoms. The Morgan fingerprint density at radius 3 is 2.09 bits per heavy atom. The van der Waals surface area contributed by atoms with Crippen molar-refractivity contribution < 1.29 is 0 Å². The van der Waals surface area contributed by atoms with Crippen molar-refractivity contribution in [2.75, 3.05) is 68.7 Å². The van der Waals surface area contributed by atoms with E-state index in [9.17, 15) is 5.26 Å². The molecule has 2 fully saturated rings. The molecule has 7 nitrogen and oxygen atoms in total. The summed E-state index contributed by atoms with van der Waals surface area (Å²) < 4.78 is 0. The minimum absolute atomic E-state index is 0. The second-order valence-corrected chi connectivity index (χ2v) is 8.62. The van der Waals surface area contributed by atoms with Gasteiger partial charge in [0.15, 0.2) is 0 Å². The van der Waals surface area contributed by atoms with Crippen LogP contribution in [-0.4, -0.2) is 68.8 Å². The highest BCUT2D eigenvalue weighted by Crippen LogP contribution is 2.35. The zero-order valence-corrected chi connectivity index (χ0v) is 19.3. The molecule has 32 heavy (non-hydrogen) atoms. The van der Waals surface area contributed by atoms with Gasteiger partial charge in [-0.1, -0.05) is 30.3 Å². The number of hydrogen-bond donors (Lipinski definition) is 2. The summed E-state index contributed by atoms with van der Waals surface area (Å²) in [5, 5.41) is 17.1. The van der Waals surface area contributed by atoms with Crippen LogP contribution in [0.25, 0.3) is 0 Å². The van der Waals surface area contributed by atoms with E-state index in [1.165, 1.54) is 16.7 Å². The molecule has 3 aliphatic rings. The molecule has 0 spiro atoms. The zero-order chi connectivity index (χ0) is 21.0. The van der Waals surface area contributed by atoms with Gasteiger partial charge >= 0.3 is 0 Å². The summed E-state index contributed by atoms with van der Waals surface area (Å²) >= 11 is 0. The van der Waals surface area contributed by atoms with Gasteiger partial charge in [0.25, 0.3) is 0 Å². The van der Waals surface area contributed by atoms with Crippen LogP contribution in [0.3, 0.4) is 0 Å². The van der Waals surface area contributed by atoms with E-state index >= 15 is 0 Å². The number of benzene rings is 1. The van der Waals surface area contributed by atoms with Gasteiger partial charge in [-0.3, -0.25) is 4.90 Å². The minimum Gasteiger partial charge on any atom is -0.354 e. The van der Waals surface area contributed by atoms with E-state index in [4.69, 9.17) is 4.98 Å². The molecule has 5 rings (SSSR count). The SMILES string of the molecule is Cl.N#Cc1c(N2CCNCC2)nc(N2CCNCC2)c2c1CN(Cc1ccccc1)CC2. The lowest BCUT2D eigenvalue weighted by Crippen LogP contribution is -2.46. The van der Waals surface area contributed by atoms with Crippen LogP contribution in [0.15, 0.2) is 30.3 Å². The maximum Gasteiger partial charge on any atom is 0.149 e. The van der Waals surface area contributed by atoms with Crippen LogP contribution in [-0.2, 0) is 19.5 Å². The van der Waals surface area contributed by atoms with Crippen molar-refractivity contribution in [1.82, 2.24) is 20.5 Å². The van der Waals surface area contributed by atoms with Gasteiger partial charge in [-0.05, 0) is 17.5 Å². The summed E-state index contributed by atoms with van der Waals surface area (Å²) in [4.78, 5) is 12.4. The molecule has 170 valence electrons. The lowest BCUT2D eigenvalue weighted by Gasteiger charge is -2.37. The van der Waals surface area contributed by atoms with Gasteiger partial charge in [0, 0.05) is 77.6 Å². The van der Waals surface area contributed by atoms with Gasteiger partial charge in [-0.15, -0.1) is 12.4 Å². The zero-order valence-electron chi connectivity index (χ0n) is 18.5. The highest BCUT2D eigenvalue weighted by atomic mass is 35.5. The molecule has 3 aliphatic heterocycles. The first-order chi connectivity index (χ1) is 15.3. The molecule has 2 saturated heterocycles. The average Bonchev–Trinajstić information content (AvgIpc) is 2.84. The fourth-order valence-electron chi connectivity index (χ4n) is 4.99. The van der Waals surface area contributed by atoms with Gasteiger partial charge in [0.2, 0.25) is 0 Å². The van der Waals surface area contributed by atoms with E-state index < -0.39 is 0 Å². The summed E-state index contributed by atoms with van der Waals surface area (Å²) in [6, 6.07) is 13.2. The predicted octanol–water partition coefficient (Wildman–Crippen LogP) is 1.75. The Labute approximate surface area is 196 Å². The number of halogens is 1. The maximum atomic E-state index is 10.2. The van der Waals surface area contributed by atoms with Gasteiger partial charge < -0.3 is 20.4 Å². The molecule has 0 unspecified atom stereocenters. The Balaban J connectivity index is 0.00000245. The summed E-state index contributed by atoms with van der Waals surface area (Å²) in [7, 11) is 0. The van der Waals surface area contributed by atoms with Gasteiger partial charge in [-0.25, -0.2) is 4.98 Å². The van der Waals surface area contributed by atoms with E-state index in [0.29, 0.717) is 0 Å². The van der Waals surface area contributed by atoms with Crippen molar-refractivity contribution in [3.8, 4) is 6.07 Å². The number of nitrogens with one attached hydrogen (secondary N) is 2. The number of hydrogen-bond acceptors (Lipinski definition) is 7. The number of fused-ring (bicyclic) bond motifs is 1. The molecule has 0 saturated carbocycles. The van der Waals surface area contributed by atoms with Gasteiger partial charge in [-0.2, -0.15) is 5.26 Å². The Kier molecular flexibility index (Phi) is 7.48. The summed E-state index contributed by atoms with van der Waals surface area (Å²) in [5.41, 5.74) is 4.60. The second-order valence-electron chi connectivity index (χ2n) is 8.62. The van der Waals surface area contributed by atoms with Crippen LogP contribution in [0.4, 0.5) is 11.6 Å². The average molecular weight is 454 g/mol. The first-order valence-corrected chi connectivity index (χ1v) is 11.5. The monoisotopic (exact) mass is 453 g/mol. The second kappa shape index (κ2) is 10.5. The third-order valence-corrected chi connectivity index (χ3v) is 6.63. The molecule has 4 heterocycles. The normalized spacial score (nSPS) is 19.1. The highest BCUT2D eigenvalue weighted by Gasteiger charge is 2.30. The van der Waals surface area contributed by atoms with E-state index in [2.05, 4.69) is 61.7 Å². The smallest absolute Gasteiger partial charge is 0.149 e. The number of rotatable bonds is 4. The number of nitriles is 1. The Morgan fingerprint density at radius 2 is 1.47 bits per heavy atom. The van der Waals surface area contributed by atoms with E-state index in [0.717, 1.165) is 95.6 Å². The van der Waals surface area contributed by atoms with E-state index in [1.807, 2.05) is 0 Å². The van der Waals surface area contributed by atoms with Gasteiger partial charge in [0.1, 0.15) is 17.7 Å². The Morgan fingerprint density at radius 1 is 0.844 bits per heavy atom. The van der Waals surface area contributed by atoms with Crippen LogP contribution in [0.2, 0.25) is 0 Å². The Hall–Kier alpha value is -2.37. The van der Waals surface area contributed by atoms with Crippen molar-refractivity contribution >= 4 is 24.0 Å². The molecular formula is C24H32ClN7. The molecule has 0 amide bonds. The molecule has 1 aromatic heterocycles. The molecule has 0 radical (unpaired) electrons. The lowest BCUT2D eigenvalue weighted by atomic mass is 9.94. The number of pyridine rings is 1.